The summed E-state index contributed by atoms with van der Waals surface area (Å²) in [6, 6.07) is 5.68. The minimum absolute atomic E-state index is 0.0511. The first-order valence-corrected chi connectivity index (χ1v) is 7.27. The zero-order chi connectivity index (χ0) is 12.6. The molecule has 0 aliphatic carbocycles. The highest BCUT2D eigenvalue weighted by molar-refractivity contribution is 8.13. The van der Waals surface area contributed by atoms with E-state index in [0.29, 0.717) is 10.0 Å². The van der Waals surface area contributed by atoms with Crippen LogP contribution in [0.1, 0.15) is 13.8 Å². The zero-order valence-electron chi connectivity index (χ0n) is 10.00. The fraction of sp³-hybridized carbons (Fsp3) is 0.417. The maximum atomic E-state index is 6.05. The predicted octanol–water partition coefficient (Wildman–Crippen LogP) is 4.31. The first kappa shape index (κ1) is 13.1. The van der Waals surface area contributed by atoms with Crippen molar-refractivity contribution in [1.29, 1.82) is 0 Å². The Bertz CT molecular complexity index is 472. The number of amidine groups is 1. The first-order chi connectivity index (χ1) is 7.93. The van der Waals surface area contributed by atoms with Crippen LogP contribution in [0, 0.1) is 0 Å². The summed E-state index contributed by atoms with van der Waals surface area (Å²) in [6.07, 6.45) is 2.03. The molecule has 1 aliphatic heterocycles. The average molecular weight is 289 g/mol. The topological polar surface area (TPSA) is 15.6 Å². The summed E-state index contributed by atoms with van der Waals surface area (Å²) in [5.41, 5.74) is 0.989. The third kappa shape index (κ3) is 2.72. The number of hydrogen-bond donors (Lipinski definition) is 0. The molecule has 1 aliphatic rings. The summed E-state index contributed by atoms with van der Waals surface area (Å²) in [5, 5.41) is 2.18. The SMILES string of the molecule is CSC1=NC(C)(C)CN1c1ccc(Cl)c(Cl)c1. The largest absolute Gasteiger partial charge is 0.319 e. The van der Waals surface area contributed by atoms with Gasteiger partial charge < -0.3 is 4.90 Å². The second-order valence-electron chi connectivity index (χ2n) is 4.60. The summed E-state index contributed by atoms with van der Waals surface area (Å²) in [5.74, 6) is 0. The van der Waals surface area contributed by atoms with Gasteiger partial charge in [-0.05, 0) is 38.3 Å². The van der Waals surface area contributed by atoms with E-state index in [-0.39, 0.29) is 5.54 Å². The molecule has 1 heterocycles. The lowest BCUT2D eigenvalue weighted by molar-refractivity contribution is 0.565. The van der Waals surface area contributed by atoms with Crippen molar-refractivity contribution in [2.45, 2.75) is 19.4 Å². The Morgan fingerprint density at radius 2 is 2.00 bits per heavy atom. The van der Waals surface area contributed by atoms with E-state index < -0.39 is 0 Å². The van der Waals surface area contributed by atoms with Gasteiger partial charge in [0.25, 0.3) is 0 Å². The monoisotopic (exact) mass is 288 g/mol. The Kier molecular flexibility index (Phi) is 3.62. The number of thioether (sulfide) groups is 1. The minimum Gasteiger partial charge on any atom is -0.319 e. The Hall–Kier alpha value is -0.380. The van der Waals surface area contributed by atoms with Gasteiger partial charge in [-0.1, -0.05) is 35.0 Å². The second-order valence-corrected chi connectivity index (χ2v) is 6.18. The molecule has 92 valence electrons. The molecule has 0 saturated carbocycles. The van der Waals surface area contributed by atoms with E-state index in [1.54, 1.807) is 11.8 Å². The Labute approximate surface area is 116 Å². The fourth-order valence-electron chi connectivity index (χ4n) is 1.82. The molecule has 1 aromatic carbocycles. The van der Waals surface area contributed by atoms with Crippen LogP contribution in [-0.2, 0) is 0 Å². The molecule has 0 aromatic heterocycles. The van der Waals surface area contributed by atoms with E-state index in [2.05, 4.69) is 23.7 Å². The lowest BCUT2D eigenvalue weighted by atomic mass is 10.1. The van der Waals surface area contributed by atoms with Crippen LogP contribution < -0.4 is 4.90 Å². The maximum absolute atomic E-state index is 6.05. The molecular weight excluding hydrogens is 275 g/mol. The van der Waals surface area contributed by atoms with Gasteiger partial charge in [0.05, 0.1) is 15.6 Å². The highest BCUT2D eigenvalue weighted by atomic mass is 35.5. The predicted molar refractivity (Wildman–Crippen MR) is 78.8 cm³/mol. The highest BCUT2D eigenvalue weighted by Gasteiger charge is 2.31. The Morgan fingerprint density at radius 1 is 1.29 bits per heavy atom. The number of nitrogens with zero attached hydrogens (tertiary/aromatic N) is 2. The third-order valence-corrected chi connectivity index (χ3v) is 3.99. The third-order valence-electron chi connectivity index (χ3n) is 2.57. The molecule has 2 nitrogen and oxygen atoms in total. The smallest absolute Gasteiger partial charge is 0.164 e. The van der Waals surface area contributed by atoms with Gasteiger partial charge in [-0.3, -0.25) is 4.99 Å². The number of anilines is 1. The molecule has 5 heteroatoms. The molecule has 0 N–H and O–H groups in total. The van der Waals surface area contributed by atoms with Crippen molar-refractivity contribution in [3.8, 4) is 0 Å². The number of halogens is 2. The molecule has 0 spiro atoms. The molecule has 0 amide bonds. The molecule has 2 rings (SSSR count). The van der Waals surface area contributed by atoms with Crippen LogP contribution in [-0.4, -0.2) is 23.5 Å². The van der Waals surface area contributed by atoms with E-state index in [4.69, 9.17) is 23.2 Å². The molecule has 1 aromatic rings. The van der Waals surface area contributed by atoms with Crippen LogP contribution in [0.3, 0.4) is 0 Å². The van der Waals surface area contributed by atoms with Gasteiger partial charge >= 0.3 is 0 Å². The van der Waals surface area contributed by atoms with Crippen molar-refractivity contribution < 1.29 is 0 Å². The van der Waals surface area contributed by atoms with Gasteiger partial charge in [0, 0.05) is 12.2 Å². The number of benzene rings is 1. The van der Waals surface area contributed by atoms with E-state index in [0.717, 1.165) is 17.4 Å². The summed E-state index contributed by atoms with van der Waals surface area (Å²) in [7, 11) is 0. The van der Waals surface area contributed by atoms with E-state index in [1.165, 1.54) is 0 Å². The molecule has 0 unspecified atom stereocenters. The first-order valence-electron chi connectivity index (χ1n) is 5.29. The van der Waals surface area contributed by atoms with Gasteiger partial charge in [0.2, 0.25) is 0 Å². The van der Waals surface area contributed by atoms with Gasteiger partial charge in [0.15, 0.2) is 5.17 Å². The van der Waals surface area contributed by atoms with Crippen molar-refractivity contribution in [1.82, 2.24) is 0 Å². The van der Waals surface area contributed by atoms with Gasteiger partial charge in [-0.2, -0.15) is 0 Å². The maximum Gasteiger partial charge on any atom is 0.164 e. The molecular formula is C12H14Cl2N2S. The summed E-state index contributed by atoms with van der Waals surface area (Å²) in [4.78, 5) is 6.85. The number of aliphatic imine (C=N–C) groups is 1. The lowest BCUT2D eigenvalue weighted by Gasteiger charge is -2.22. The van der Waals surface area contributed by atoms with E-state index in [1.807, 2.05) is 24.5 Å². The number of rotatable bonds is 1. The van der Waals surface area contributed by atoms with Gasteiger partial charge in [-0.15, -0.1) is 0 Å². The summed E-state index contributed by atoms with van der Waals surface area (Å²) < 4.78 is 0. The summed E-state index contributed by atoms with van der Waals surface area (Å²) in [6.45, 7) is 5.11. The lowest BCUT2D eigenvalue weighted by Crippen LogP contribution is -2.31. The van der Waals surface area contributed by atoms with Crippen LogP contribution >= 0.6 is 35.0 Å². The minimum atomic E-state index is -0.0511. The average Bonchev–Trinajstić information content (AvgIpc) is 2.58. The Morgan fingerprint density at radius 3 is 2.59 bits per heavy atom. The van der Waals surface area contributed by atoms with Crippen LogP contribution in [0.15, 0.2) is 23.2 Å². The molecule has 0 atom stereocenters. The van der Waals surface area contributed by atoms with Crippen LogP contribution in [0.4, 0.5) is 5.69 Å². The van der Waals surface area contributed by atoms with Gasteiger partial charge in [0.1, 0.15) is 0 Å². The molecule has 0 radical (unpaired) electrons. The second kappa shape index (κ2) is 4.71. The van der Waals surface area contributed by atoms with Crippen molar-refractivity contribution in [3.63, 3.8) is 0 Å². The van der Waals surface area contributed by atoms with Crippen LogP contribution in [0.2, 0.25) is 10.0 Å². The van der Waals surface area contributed by atoms with Crippen LogP contribution in [0.25, 0.3) is 0 Å². The quantitative estimate of drug-likeness (QED) is 0.765. The molecule has 0 saturated heterocycles. The fourth-order valence-corrected chi connectivity index (χ4v) is 2.84. The molecule has 17 heavy (non-hydrogen) atoms. The summed E-state index contributed by atoms with van der Waals surface area (Å²) >= 11 is 13.6. The van der Waals surface area contributed by atoms with E-state index in [9.17, 15) is 0 Å². The van der Waals surface area contributed by atoms with Crippen molar-refractivity contribution in [2.24, 2.45) is 4.99 Å². The van der Waals surface area contributed by atoms with E-state index >= 15 is 0 Å². The van der Waals surface area contributed by atoms with Gasteiger partial charge in [-0.25, -0.2) is 0 Å². The standard InChI is InChI=1S/C12H14Cl2N2S/c1-12(2)7-16(11(15-12)17-3)8-4-5-9(13)10(14)6-8/h4-6H,7H2,1-3H3. The molecule has 0 fully saturated rings. The van der Waals surface area contributed by atoms with Crippen LogP contribution in [0.5, 0.6) is 0 Å². The number of hydrogen-bond acceptors (Lipinski definition) is 3. The Balaban J connectivity index is 2.35. The molecule has 0 bridgehead atoms. The van der Waals surface area contributed by atoms with Crippen molar-refractivity contribution >= 4 is 45.8 Å². The van der Waals surface area contributed by atoms with Crippen molar-refractivity contribution in [3.05, 3.63) is 28.2 Å². The normalized spacial score (nSPS) is 18.4. The van der Waals surface area contributed by atoms with Crippen molar-refractivity contribution in [2.75, 3.05) is 17.7 Å². The highest BCUT2D eigenvalue weighted by Crippen LogP contribution is 2.33. The zero-order valence-corrected chi connectivity index (χ0v) is 12.3.